The number of rotatable bonds is 6. The molecule has 1 N–H and O–H groups in total. The van der Waals surface area contributed by atoms with E-state index in [1.165, 1.54) is 13.2 Å². The fourth-order valence-corrected chi connectivity index (χ4v) is 4.10. The molecule has 0 aliphatic rings. The van der Waals surface area contributed by atoms with E-state index in [1.54, 1.807) is 54.4 Å². The van der Waals surface area contributed by atoms with E-state index in [4.69, 9.17) is 16.3 Å². The highest BCUT2D eigenvalue weighted by Crippen LogP contribution is 2.33. The largest absolute Gasteiger partial charge is 0.494 e. The number of carbonyl (C=O) groups is 1. The van der Waals surface area contributed by atoms with Crippen molar-refractivity contribution in [2.45, 2.75) is 4.90 Å². The van der Waals surface area contributed by atoms with Gasteiger partial charge in [0.25, 0.3) is 5.91 Å². The van der Waals surface area contributed by atoms with E-state index in [1.807, 2.05) is 36.6 Å². The van der Waals surface area contributed by atoms with E-state index in [0.717, 1.165) is 4.90 Å². The molecule has 0 spiro atoms. The van der Waals surface area contributed by atoms with Crippen LogP contribution in [0.2, 0.25) is 5.02 Å². The van der Waals surface area contributed by atoms with Crippen molar-refractivity contribution in [2.24, 2.45) is 0 Å². The molecule has 4 nitrogen and oxygen atoms in total. The normalized spacial score (nSPS) is 10.7. The molecule has 1 aromatic heterocycles. The number of amides is 1. The Bertz CT molecular complexity index is 1320. The first-order valence-corrected chi connectivity index (χ1v) is 11.6. The predicted octanol–water partition coefficient (Wildman–Crippen LogP) is 7.19. The predicted molar refractivity (Wildman–Crippen MR) is 133 cm³/mol. The Kier molecular flexibility index (Phi) is 6.96. The van der Waals surface area contributed by atoms with Crippen molar-refractivity contribution in [3.8, 4) is 28.1 Å². The van der Waals surface area contributed by atoms with Gasteiger partial charge in [0, 0.05) is 27.9 Å². The molecular weight excluding hydrogens is 459 g/mol. The van der Waals surface area contributed by atoms with Gasteiger partial charge in [-0.2, -0.15) is 0 Å². The summed E-state index contributed by atoms with van der Waals surface area (Å²) in [5, 5.41) is 3.46. The van der Waals surface area contributed by atoms with Crippen molar-refractivity contribution in [1.82, 2.24) is 4.98 Å². The second kappa shape index (κ2) is 10.1. The number of thioether (sulfide) groups is 1. The number of nitrogens with zero attached hydrogens (tertiary/aromatic N) is 1. The van der Waals surface area contributed by atoms with Crippen LogP contribution in [0, 0.1) is 5.82 Å². The van der Waals surface area contributed by atoms with Crippen LogP contribution < -0.4 is 10.1 Å². The lowest BCUT2D eigenvalue weighted by Gasteiger charge is -2.14. The first-order chi connectivity index (χ1) is 16.0. The number of nitrogens with one attached hydrogen (secondary N) is 1. The Hall–Kier alpha value is -3.35. The van der Waals surface area contributed by atoms with Gasteiger partial charge in [-0.05, 0) is 78.0 Å². The third kappa shape index (κ3) is 5.02. The van der Waals surface area contributed by atoms with E-state index in [9.17, 15) is 9.18 Å². The number of ether oxygens (including phenoxy) is 1. The summed E-state index contributed by atoms with van der Waals surface area (Å²) in [6.07, 6.45) is 3.63. The van der Waals surface area contributed by atoms with Crippen molar-refractivity contribution in [3.05, 3.63) is 95.4 Å². The molecular formula is C26H20ClFN2O2S. The van der Waals surface area contributed by atoms with Crippen LogP contribution in [0.1, 0.15) is 10.4 Å². The smallest absolute Gasteiger partial charge is 0.256 e. The van der Waals surface area contributed by atoms with Crippen LogP contribution in [-0.4, -0.2) is 24.3 Å². The Morgan fingerprint density at radius 2 is 1.88 bits per heavy atom. The molecule has 33 heavy (non-hydrogen) atoms. The van der Waals surface area contributed by atoms with Crippen molar-refractivity contribution in [3.63, 3.8) is 0 Å². The molecule has 1 heterocycles. The van der Waals surface area contributed by atoms with Gasteiger partial charge in [0.2, 0.25) is 0 Å². The van der Waals surface area contributed by atoms with Crippen molar-refractivity contribution in [2.75, 3.05) is 18.7 Å². The second-order valence-corrected chi connectivity index (χ2v) is 8.41. The molecule has 0 aliphatic heterocycles. The van der Waals surface area contributed by atoms with Crippen LogP contribution in [0.3, 0.4) is 0 Å². The number of carbonyl (C=O) groups excluding carboxylic acids is 1. The summed E-state index contributed by atoms with van der Waals surface area (Å²) in [6.45, 7) is 0. The van der Waals surface area contributed by atoms with Gasteiger partial charge in [-0.1, -0.05) is 23.7 Å². The van der Waals surface area contributed by atoms with Gasteiger partial charge in [0.05, 0.1) is 17.8 Å². The molecule has 0 fully saturated rings. The molecule has 7 heteroatoms. The summed E-state index contributed by atoms with van der Waals surface area (Å²) in [5.74, 6) is -0.661. The Labute approximate surface area is 200 Å². The standard InChI is InChI=1S/C26H20ClFN2O2S/c1-32-25-11-6-16(13-23(25)28)20-15-18(33-2)8-9-19(20)26(31)30-17-7-10-22(27)21(14-17)24-5-3-4-12-29-24/h3-15H,1-2H3,(H,30,31). The molecule has 4 rings (SSSR count). The van der Waals surface area contributed by atoms with Gasteiger partial charge >= 0.3 is 0 Å². The highest BCUT2D eigenvalue weighted by atomic mass is 35.5. The van der Waals surface area contributed by atoms with E-state index >= 15 is 0 Å². The minimum atomic E-state index is -0.492. The topological polar surface area (TPSA) is 51.2 Å². The lowest BCUT2D eigenvalue weighted by atomic mass is 9.98. The number of aromatic nitrogens is 1. The zero-order valence-electron chi connectivity index (χ0n) is 17.9. The summed E-state index contributed by atoms with van der Waals surface area (Å²) < 4.78 is 19.4. The maximum Gasteiger partial charge on any atom is 0.256 e. The zero-order chi connectivity index (χ0) is 23.4. The second-order valence-electron chi connectivity index (χ2n) is 7.12. The number of benzene rings is 3. The molecule has 4 aromatic rings. The van der Waals surface area contributed by atoms with Crippen LogP contribution in [0.5, 0.6) is 5.75 Å². The summed E-state index contributed by atoms with van der Waals surface area (Å²) >= 11 is 7.90. The van der Waals surface area contributed by atoms with Crippen LogP contribution in [0.25, 0.3) is 22.4 Å². The van der Waals surface area contributed by atoms with Crippen molar-refractivity contribution >= 4 is 35.0 Å². The van der Waals surface area contributed by atoms with Crippen LogP contribution in [0.4, 0.5) is 10.1 Å². The number of methoxy groups -OCH3 is 1. The molecule has 0 aliphatic carbocycles. The van der Waals surface area contributed by atoms with Crippen LogP contribution in [0.15, 0.2) is 83.9 Å². The quantitative estimate of drug-likeness (QED) is 0.298. The molecule has 0 atom stereocenters. The average Bonchev–Trinajstić information content (AvgIpc) is 2.85. The molecule has 0 bridgehead atoms. The summed E-state index contributed by atoms with van der Waals surface area (Å²) in [5.41, 5.74) is 3.62. The highest BCUT2D eigenvalue weighted by molar-refractivity contribution is 7.98. The molecule has 0 unspecified atom stereocenters. The van der Waals surface area contributed by atoms with Gasteiger partial charge < -0.3 is 10.1 Å². The van der Waals surface area contributed by atoms with E-state index in [0.29, 0.717) is 38.7 Å². The molecule has 0 saturated heterocycles. The molecule has 0 saturated carbocycles. The number of hydrogen-bond donors (Lipinski definition) is 1. The maximum absolute atomic E-state index is 14.4. The highest BCUT2D eigenvalue weighted by Gasteiger charge is 2.17. The fraction of sp³-hybridized carbons (Fsp3) is 0.0769. The zero-order valence-corrected chi connectivity index (χ0v) is 19.5. The Morgan fingerprint density at radius 3 is 2.58 bits per heavy atom. The minimum absolute atomic E-state index is 0.147. The first-order valence-electron chi connectivity index (χ1n) is 10.0. The molecule has 0 radical (unpaired) electrons. The summed E-state index contributed by atoms with van der Waals surface area (Å²) in [7, 11) is 1.41. The SMILES string of the molecule is COc1ccc(-c2cc(SC)ccc2C(=O)Nc2ccc(Cl)c(-c3ccccn3)c2)cc1F. The summed E-state index contributed by atoms with van der Waals surface area (Å²) in [6, 6.07) is 20.9. The van der Waals surface area contributed by atoms with E-state index in [2.05, 4.69) is 10.3 Å². The Morgan fingerprint density at radius 1 is 1.03 bits per heavy atom. The number of hydrogen-bond acceptors (Lipinski definition) is 4. The summed E-state index contributed by atoms with van der Waals surface area (Å²) in [4.78, 5) is 18.6. The van der Waals surface area contributed by atoms with Gasteiger partial charge in [0.15, 0.2) is 11.6 Å². The van der Waals surface area contributed by atoms with Gasteiger partial charge in [0.1, 0.15) is 0 Å². The van der Waals surface area contributed by atoms with E-state index in [-0.39, 0.29) is 11.7 Å². The van der Waals surface area contributed by atoms with Gasteiger partial charge in [-0.15, -0.1) is 11.8 Å². The monoisotopic (exact) mass is 478 g/mol. The van der Waals surface area contributed by atoms with Crippen molar-refractivity contribution < 1.29 is 13.9 Å². The third-order valence-electron chi connectivity index (χ3n) is 5.10. The molecule has 3 aromatic carbocycles. The lowest BCUT2D eigenvalue weighted by Crippen LogP contribution is -2.13. The number of pyridine rings is 1. The Balaban J connectivity index is 1.70. The van der Waals surface area contributed by atoms with Gasteiger partial charge in [-0.25, -0.2) is 4.39 Å². The van der Waals surface area contributed by atoms with E-state index < -0.39 is 5.82 Å². The first kappa shape index (κ1) is 22.8. The average molecular weight is 479 g/mol. The number of anilines is 1. The van der Waals surface area contributed by atoms with Crippen molar-refractivity contribution in [1.29, 1.82) is 0 Å². The molecule has 166 valence electrons. The molecule has 1 amide bonds. The van der Waals surface area contributed by atoms with Gasteiger partial charge in [-0.3, -0.25) is 9.78 Å². The fourth-order valence-electron chi connectivity index (χ4n) is 3.44. The van der Waals surface area contributed by atoms with Crippen LogP contribution >= 0.6 is 23.4 Å². The maximum atomic E-state index is 14.4. The third-order valence-corrected chi connectivity index (χ3v) is 6.15. The minimum Gasteiger partial charge on any atom is -0.494 e. The van der Waals surface area contributed by atoms with Crippen LogP contribution in [-0.2, 0) is 0 Å². The number of halogens is 2. The lowest BCUT2D eigenvalue weighted by molar-refractivity contribution is 0.102.